The molecule has 0 unspecified atom stereocenters. The average Bonchev–Trinajstić information content (AvgIpc) is 2.72. The van der Waals surface area contributed by atoms with Gasteiger partial charge in [0.1, 0.15) is 11.6 Å². The molecule has 1 N–H and O–H groups in total. The summed E-state index contributed by atoms with van der Waals surface area (Å²) in [4.78, 5) is 27.0. The molecular formula is C22H25FN2O3. The van der Waals surface area contributed by atoms with Crippen LogP contribution in [0.1, 0.15) is 25.3 Å². The average molecular weight is 384 g/mol. The number of benzene rings is 2. The number of ether oxygens (including phenoxy) is 1. The number of carbonyl (C=O) groups is 2. The standard InChI is InChI=1S/C22H25FN2O3/c1-22(21(27)24-14-17-8-10-18(23)11-9-17)12-5-13-25(16-22)20(26)15-28-19-6-3-2-4-7-19/h2-4,6-11H,5,12-16H2,1H3,(H,24,27)/t22-/m0/s1. The minimum Gasteiger partial charge on any atom is -0.484 e. The van der Waals surface area contributed by atoms with Crippen LogP contribution in [0.5, 0.6) is 5.75 Å². The van der Waals surface area contributed by atoms with Crippen LogP contribution in [0.25, 0.3) is 0 Å². The lowest BCUT2D eigenvalue weighted by atomic mass is 9.81. The Balaban J connectivity index is 1.53. The minimum absolute atomic E-state index is 0.0444. The maximum absolute atomic E-state index is 13.0. The molecule has 2 aromatic rings. The Bertz CT molecular complexity index is 810. The van der Waals surface area contributed by atoms with Crippen LogP contribution in [0.4, 0.5) is 4.39 Å². The Kier molecular flexibility index (Phi) is 6.29. The predicted octanol–water partition coefficient (Wildman–Crippen LogP) is 3.15. The van der Waals surface area contributed by atoms with Crippen molar-refractivity contribution in [2.45, 2.75) is 26.3 Å². The monoisotopic (exact) mass is 384 g/mol. The van der Waals surface area contributed by atoms with E-state index in [1.165, 1.54) is 12.1 Å². The number of piperidine rings is 1. The molecule has 6 heteroatoms. The van der Waals surface area contributed by atoms with Crippen molar-refractivity contribution in [3.8, 4) is 5.75 Å². The van der Waals surface area contributed by atoms with E-state index in [0.29, 0.717) is 31.8 Å². The lowest BCUT2D eigenvalue weighted by Gasteiger charge is -2.39. The van der Waals surface area contributed by atoms with E-state index in [1.54, 1.807) is 29.2 Å². The molecule has 1 aliphatic rings. The first-order chi connectivity index (χ1) is 13.5. The third-order valence-electron chi connectivity index (χ3n) is 5.07. The number of likely N-dealkylation sites (tertiary alicyclic amines) is 1. The molecule has 1 atom stereocenters. The molecule has 148 valence electrons. The van der Waals surface area contributed by atoms with E-state index in [1.807, 2.05) is 25.1 Å². The van der Waals surface area contributed by atoms with Crippen molar-refractivity contribution in [2.75, 3.05) is 19.7 Å². The third-order valence-corrected chi connectivity index (χ3v) is 5.07. The zero-order valence-corrected chi connectivity index (χ0v) is 16.0. The van der Waals surface area contributed by atoms with E-state index in [0.717, 1.165) is 12.0 Å². The molecular weight excluding hydrogens is 359 g/mol. The summed E-state index contributed by atoms with van der Waals surface area (Å²) >= 11 is 0. The summed E-state index contributed by atoms with van der Waals surface area (Å²) in [6, 6.07) is 15.2. The molecule has 2 aromatic carbocycles. The van der Waals surface area contributed by atoms with Crippen molar-refractivity contribution in [1.29, 1.82) is 0 Å². The van der Waals surface area contributed by atoms with Gasteiger partial charge in [0, 0.05) is 19.6 Å². The van der Waals surface area contributed by atoms with E-state index in [2.05, 4.69) is 5.32 Å². The van der Waals surface area contributed by atoms with Crippen molar-refractivity contribution in [3.05, 3.63) is 66.0 Å². The van der Waals surface area contributed by atoms with Gasteiger partial charge >= 0.3 is 0 Å². The Morgan fingerprint density at radius 1 is 1.14 bits per heavy atom. The number of halogens is 1. The van der Waals surface area contributed by atoms with Crippen molar-refractivity contribution in [1.82, 2.24) is 10.2 Å². The number of para-hydroxylation sites is 1. The summed E-state index contributed by atoms with van der Waals surface area (Å²) in [6.07, 6.45) is 1.48. The first-order valence-electron chi connectivity index (χ1n) is 9.45. The zero-order valence-electron chi connectivity index (χ0n) is 16.0. The first-order valence-corrected chi connectivity index (χ1v) is 9.45. The van der Waals surface area contributed by atoms with Crippen molar-refractivity contribution >= 4 is 11.8 Å². The van der Waals surface area contributed by atoms with Crippen LogP contribution in [-0.4, -0.2) is 36.4 Å². The van der Waals surface area contributed by atoms with Crippen LogP contribution in [0, 0.1) is 11.2 Å². The smallest absolute Gasteiger partial charge is 0.260 e. The highest BCUT2D eigenvalue weighted by molar-refractivity contribution is 5.84. The molecule has 1 aliphatic heterocycles. The molecule has 3 rings (SSSR count). The van der Waals surface area contributed by atoms with Crippen molar-refractivity contribution in [3.63, 3.8) is 0 Å². The lowest BCUT2D eigenvalue weighted by Crippen LogP contribution is -2.52. The second-order valence-corrected chi connectivity index (χ2v) is 7.39. The maximum Gasteiger partial charge on any atom is 0.260 e. The van der Waals surface area contributed by atoms with E-state index in [4.69, 9.17) is 4.74 Å². The summed E-state index contributed by atoms with van der Waals surface area (Å²) in [5.41, 5.74) is 0.180. The Morgan fingerprint density at radius 3 is 2.57 bits per heavy atom. The zero-order chi connectivity index (χ0) is 20.0. The van der Waals surface area contributed by atoms with Gasteiger partial charge < -0.3 is 15.0 Å². The maximum atomic E-state index is 13.0. The van der Waals surface area contributed by atoms with Crippen LogP contribution < -0.4 is 10.1 Å². The van der Waals surface area contributed by atoms with Crippen LogP contribution in [0.2, 0.25) is 0 Å². The Morgan fingerprint density at radius 2 is 1.86 bits per heavy atom. The van der Waals surface area contributed by atoms with Crippen LogP contribution in [0.15, 0.2) is 54.6 Å². The quantitative estimate of drug-likeness (QED) is 0.832. The number of carbonyl (C=O) groups excluding carboxylic acids is 2. The van der Waals surface area contributed by atoms with Crippen LogP contribution in [-0.2, 0) is 16.1 Å². The largest absolute Gasteiger partial charge is 0.484 e. The molecule has 1 heterocycles. The van der Waals surface area contributed by atoms with Gasteiger partial charge in [-0.2, -0.15) is 0 Å². The molecule has 2 amide bonds. The van der Waals surface area contributed by atoms with Gasteiger partial charge in [0.05, 0.1) is 5.41 Å². The number of amides is 2. The molecule has 1 saturated heterocycles. The normalized spacial score (nSPS) is 19.1. The Labute approximate surface area is 164 Å². The van der Waals surface area contributed by atoms with Gasteiger partial charge in [-0.05, 0) is 49.6 Å². The van der Waals surface area contributed by atoms with Crippen LogP contribution >= 0.6 is 0 Å². The predicted molar refractivity (Wildman–Crippen MR) is 104 cm³/mol. The van der Waals surface area contributed by atoms with Gasteiger partial charge in [0.2, 0.25) is 5.91 Å². The number of nitrogens with one attached hydrogen (secondary N) is 1. The fourth-order valence-electron chi connectivity index (χ4n) is 3.39. The van der Waals surface area contributed by atoms with Gasteiger partial charge in [-0.25, -0.2) is 4.39 Å². The third kappa shape index (κ3) is 5.09. The summed E-state index contributed by atoms with van der Waals surface area (Å²) < 4.78 is 18.5. The summed E-state index contributed by atoms with van der Waals surface area (Å²) in [5, 5.41) is 2.92. The topological polar surface area (TPSA) is 58.6 Å². The molecule has 0 aliphatic carbocycles. The number of rotatable bonds is 6. The second kappa shape index (κ2) is 8.87. The summed E-state index contributed by atoms with van der Waals surface area (Å²) in [5.74, 6) is 0.119. The lowest BCUT2D eigenvalue weighted by molar-refractivity contribution is -0.142. The molecule has 0 aromatic heterocycles. The fourth-order valence-corrected chi connectivity index (χ4v) is 3.39. The first kappa shape index (κ1) is 19.9. The SMILES string of the molecule is C[C@]1(C(=O)NCc2ccc(F)cc2)CCCN(C(=O)COc2ccccc2)C1. The number of hydrogen-bond acceptors (Lipinski definition) is 3. The van der Waals surface area contributed by atoms with Gasteiger partial charge in [0.25, 0.3) is 5.91 Å². The van der Waals surface area contributed by atoms with E-state index in [-0.39, 0.29) is 24.2 Å². The van der Waals surface area contributed by atoms with Crippen molar-refractivity contribution < 1.29 is 18.7 Å². The van der Waals surface area contributed by atoms with Gasteiger partial charge in [-0.15, -0.1) is 0 Å². The van der Waals surface area contributed by atoms with Crippen LogP contribution in [0.3, 0.4) is 0 Å². The highest BCUT2D eigenvalue weighted by atomic mass is 19.1. The summed E-state index contributed by atoms with van der Waals surface area (Å²) in [6.45, 7) is 3.15. The molecule has 0 bridgehead atoms. The summed E-state index contributed by atoms with van der Waals surface area (Å²) in [7, 11) is 0. The molecule has 1 fully saturated rings. The van der Waals surface area contributed by atoms with E-state index in [9.17, 15) is 14.0 Å². The molecule has 5 nitrogen and oxygen atoms in total. The van der Waals surface area contributed by atoms with Gasteiger partial charge in [-0.3, -0.25) is 9.59 Å². The molecule has 0 saturated carbocycles. The van der Waals surface area contributed by atoms with Gasteiger partial charge in [-0.1, -0.05) is 30.3 Å². The highest BCUT2D eigenvalue weighted by Crippen LogP contribution is 2.30. The minimum atomic E-state index is -0.652. The fraction of sp³-hybridized carbons (Fsp3) is 0.364. The second-order valence-electron chi connectivity index (χ2n) is 7.39. The van der Waals surface area contributed by atoms with Gasteiger partial charge in [0.15, 0.2) is 6.61 Å². The van der Waals surface area contributed by atoms with E-state index >= 15 is 0 Å². The molecule has 0 radical (unpaired) electrons. The van der Waals surface area contributed by atoms with E-state index < -0.39 is 5.41 Å². The van der Waals surface area contributed by atoms with Crippen molar-refractivity contribution in [2.24, 2.45) is 5.41 Å². The number of nitrogens with zero attached hydrogens (tertiary/aromatic N) is 1. The Hall–Kier alpha value is -2.89. The number of hydrogen-bond donors (Lipinski definition) is 1. The highest BCUT2D eigenvalue weighted by Gasteiger charge is 2.39. The molecule has 28 heavy (non-hydrogen) atoms. The molecule has 0 spiro atoms.